The summed E-state index contributed by atoms with van der Waals surface area (Å²) < 4.78 is 0. The summed E-state index contributed by atoms with van der Waals surface area (Å²) >= 11 is 0. The van der Waals surface area contributed by atoms with Crippen molar-refractivity contribution in [1.82, 2.24) is 10.2 Å². The number of aliphatic imine (C=N–C) groups is 1. The molecule has 18 heavy (non-hydrogen) atoms. The average Bonchev–Trinajstić information content (AvgIpc) is 3.25. The van der Waals surface area contributed by atoms with Gasteiger partial charge in [-0.05, 0) is 55.8 Å². The fourth-order valence-electron chi connectivity index (χ4n) is 3.39. The van der Waals surface area contributed by atoms with E-state index in [0.29, 0.717) is 5.41 Å². The lowest BCUT2D eigenvalue weighted by atomic mass is 9.99. The molecular weight excluding hydrogens is 222 g/mol. The van der Waals surface area contributed by atoms with Crippen LogP contribution in [0.25, 0.3) is 0 Å². The van der Waals surface area contributed by atoms with Crippen LogP contribution in [0.2, 0.25) is 0 Å². The van der Waals surface area contributed by atoms with Crippen LogP contribution in [0.15, 0.2) is 4.99 Å². The van der Waals surface area contributed by atoms with Crippen molar-refractivity contribution in [3.05, 3.63) is 0 Å². The number of nitrogens with zero attached hydrogens (tertiary/aromatic N) is 2. The lowest BCUT2D eigenvalue weighted by Crippen LogP contribution is -2.47. The molecular formula is C15H27N3. The van der Waals surface area contributed by atoms with Gasteiger partial charge in [0.15, 0.2) is 5.96 Å². The molecule has 1 heterocycles. The monoisotopic (exact) mass is 249 g/mol. The van der Waals surface area contributed by atoms with E-state index in [4.69, 9.17) is 0 Å². The van der Waals surface area contributed by atoms with Crippen molar-refractivity contribution in [3.63, 3.8) is 0 Å². The molecule has 2 saturated carbocycles. The minimum Gasteiger partial charge on any atom is -0.356 e. The Hall–Kier alpha value is -0.730. The maximum Gasteiger partial charge on any atom is 0.193 e. The Morgan fingerprint density at radius 2 is 1.89 bits per heavy atom. The van der Waals surface area contributed by atoms with Crippen LogP contribution in [0.3, 0.4) is 0 Å². The van der Waals surface area contributed by atoms with Gasteiger partial charge in [0.2, 0.25) is 0 Å². The molecule has 0 amide bonds. The van der Waals surface area contributed by atoms with Crippen LogP contribution in [0, 0.1) is 17.3 Å². The first-order chi connectivity index (χ1) is 8.73. The first-order valence-corrected chi connectivity index (χ1v) is 7.69. The minimum absolute atomic E-state index is 0.666. The predicted molar refractivity (Wildman–Crippen MR) is 75.7 cm³/mol. The average molecular weight is 249 g/mol. The van der Waals surface area contributed by atoms with Crippen molar-refractivity contribution in [2.75, 3.05) is 26.7 Å². The molecule has 0 radical (unpaired) electrons. The number of rotatable bonds is 3. The summed E-state index contributed by atoms with van der Waals surface area (Å²) in [5, 5.41) is 3.65. The van der Waals surface area contributed by atoms with Gasteiger partial charge in [0, 0.05) is 26.7 Å². The van der Waals surface area contributed by atoms with Gasteiger partial charge in [0.25, 0.3) is 0 Å². The Morgan fingerprint density at radius 3 is 2.39 bits per heavy atom. The second-order valence-electron chi connectivity index (χ2n) is 6.71. The van der Waals surface area contributed by atoms with Gasteiger partial charge in [-0.3, -0.25) is 4.99 Å². The smallest absolute Gasteiger partial charge is 0.193 e. The second kappa shape index (κ2) is 4.75. The number of piperidine rings is 1. The van der Waals surface area contributed by atoms with Gasteiger partial charge in [-0.15, -0.1) is 0 Å². The van der Waals surface area contributed by atoms with E-state index in [1.54, 1.807) is 0 Å². The van der Waals surface area contributed by atoms with Crippen LogP contribution in [-0.2, 0) is 0 Å². The van der Waals surface area contributed by atoms with Gasteiger partial charge in [0.05, 0.1) is 0 Å². The first kappa shape index (κ1) is 12.3. The molecule has 1 N–H and O–H groups in total. The normalized spacial score (nSPS) is 28.3. The molecule has 0 aromatic rings. The highest BCUT2D eigenvalue weighted by Crippen LogP contribution is 2.60. The number of hydrogen-bond acceptors (Lipinski definition) is 1. The van der Waals surface area contributed by atoms with E-state index in [9.17, 15) is 0 Å². The first-order valence-electron chi connectivity index (χ1n) is 7.69. The summed E-state index contributed by atoms with van der Waals surface area (Å²) in [5.74, 6) is 3.07. The molecule has 3 rings (SSSR count). The summed E-state index contributed by atoms with van der Waals surface area (Å²) in [6.45, 7) is 5.88. The summed E-state index contributed by atoms with van der Waals surface area (Å²) in [6, 6.07) is 0. The van der Waals surface area contributed by atoms with E-state index in [0.717, 1.165) is 24.3 Å². The van der Waals surface area contributed by atoms with E-state index in [2.05, 4.69) is 22.1 Å². The molecule has 1 aliphatic heterocycles. The molecule has 3 heteroatoms. The molecule has 0 aromatic carbocycles. The van der Waals surface area contributed by atoms with Crippen molar-refractivity contribution in [1.29, 1.82) is 0 Å². The van der Waals surface area contributed by atoms with E-state index in [1.165, 1.54) is 51.6 Å². The SMILES string of the molecule is CN=C(NCC1(C2CC2)CC1)N1CCC(C)CC1. The van der Waals surface area contributed by atoms with E-state index in [-0.39, 0.29) is 0 Å². The van der Waals surface area contributed by atoms with Gasteiger partial charge in [0.1, 0.15) is 0 Å². The maximum absolute atomic E-state index is 4.48. The number of likely N-dealkylation sites (tertiary alicyclic amines) is 1. The molecule has 0 aromatic heterocycles. The topological polar surface area (TPSA) is 27.6 Å². The highest BCUT2D eigenvalue weighted by atomic mass is 15.3. The highest BCUT2D eigenvalue weighted by Gasteiger charge is 2.53. The minimum atomic E-state index is 0.666. The fraction of sp³-hybridized carbons (Fsp3) is 0.933. The predicted octanol–water partition coefficient (Wildman–Crippen LogP) is 2.48. The van der Waals surface area contributed by atoms with Crippen LogP contribution < -0.4 is 5.32 Å². The largest absolute Gasteiger partial charge is 0.356 e. The maximum atomic E-state index is 4.48. The molecule has 0 bridgehead atoms. The van der Waals surface area contributed by atoms with Crippen molar-refractivity contribution in [2.45, 2.75) is 45.4 Å². The zero-order valence-electron chi connectivity index (χ0n) is 11.9. The van der Waals surface area contributed by atoms with Gasteiger partial charge >= 0.3 is 0 Å². The number of nitrogens with one attached hydrogen (secondary N) is 1. The Labute approximate surface area is 111 Å². The number of hydrogen-bond donors (Lipinski definition) is 1. The van der Waals surface area contributed by atoms with Gasteiger partial charge in [-0.25, -0.2) is 0 Å². The molecule has 3 nitrogen and oxygen atoms in total. The van der Waals surface area contributed by atoms with Crippen molar-refractivity contribution >= 4 is 5.96 Å². The second-order valence-corrected chi connectivity index (χ2v) is 6.71. The quantitative estimate of drug-likeness (QED) is 0.615. The van der Waals surface area contributed by atoms with Crippen LogP contribution in [0.4, 0.5) is 0 Å². The van der Waals surface area contributed by atoms with E-state index in [1.807, 2.05) is 7.05 Å². The summed E-state index contributed by atoms with van der Waals surface area (Å²) in [7, 11) is 1.93. The fourth-order valence-corrected chi connectivity index (χ4v) is 3.39. The number of guanidine groups is 1. The van der Waals surface area contributed by atoms with Crippen LogP contribution in [0.1, 0.15) is 45.4 Å². The van der Waals surface area contributed by atoms with E-state index >= 15 is 0 Å². The van der Waals surface area contributed by atoms with E-state index < -0.39 is 0 Å². The van der Waals surface area contributed by atoms with Crippen molar-refractivity contribution in [2.24, 2.45) is 22.2 Å². The third-order valence-corrected chi connectivity index (χ3v) is 5.23. The highest BCUT2D eigenvalue weighted by molar-refractivity contribution is 5.80. The van der Waals surface area contributed by atoms with Gasteiger partial charge in [-0.1, -0.05) is 6.92 Å². The third kappa shape index (κ3) is 2.50. The summed E-state index contributed by atoms with van der Waals surface area (Å²) in [5.41, 5.74) is 0.666. The third-order valence-electron chi connectivity index (χ3n) is 5.23. The van der Waals surface area contributed by atoms with Crippen LogP contribution in [0.5, 0.6) is 0 Å². The Morgan fingerprint density at radius 1 is 1.22 bits per heavy atom. The lowest BCUT2D eigenvalue weighted by molar-refractivity contribution is 0.270. The van der Waals surface area contributed by atoms with Crippen LogP contribution >= 0.6 is 0 Å². The molecule has 102 valence electrons. The Balaban J connectivity index is 1.50. The zero-order valence-corrected chi connectivity index (χ0v) is 11.9. The molecule has 3 fully saturated rings. The molecule has 0 atom stereocenters. The van der Waals surface area contributed by atoms with Gasteiger partial charge < -0.3 is 10.2 Å². The Bertz CT molecular complexity index is 321. The van der Waals surface area contributed by atoms with Crippen molar-refractivity contribution in [3.8, 4) is 0 Å². The Kier molecular flexibility index (Phi) is 3.25. The zero-order chi connectivity index (χ0) is 12.6. The lowest BCUT2D eigenvalue weighted by Gasteiger charge is -2.33. The van der Waals surface area contributed by atoms with Crippen LogP contribution in [-0.4, -0.2) is 37.5 Å². The molecule has 0 spiro atoms. The summed E-state index contributed by atoms with van der Waals surface area (Å²) in [4.78, 5) is 6.93. The molecule has 3 aliphatic rings. The van der Waals surface area contributed by atoms with Crippen molar-refractivity contribution < 1.29 is 0 Å². The summed E-state index contributed by atoms with van der Waals surface area (Å²) in [6.07, 6.45) is 8.46. The molecule has 0 unspecified atom stereocenters. The molecule has 1 saturated heterocycles. The standard InChI is InChI=1S/C15H27N3/c1-12-5-9-18(10-6-12)14(16-2)17-11-15(7-8-15)13-3-4-13/h12-13H,3-11H2,1-2H3,(H,16,17). The van der Waals surface area contributed by atoms with Gasteiger partial charge in [-0.2, -0.15) is 0 Å². The molecule has 2 aliphatic carbocycles.